The number of anilines is 1. The first kappa shape index (κ1) is 15.1. The Labute approximate surface area is 130 Å². The minimum Gasteiger partial charge on any atom is -0.496 e. The Balaban J connectivity index is 0.00000161. The van der Waals surface area contributed by atoms with E-state index in [1.165, 1.54) is 5.39 Å². The molecule has 21 heavy (non-hydrogen) atoms. The second-order valence-corrected chi connectivity index (χ2v) is 4.55. The molecule has 0 unspecified atom stereocenters. The van der Waals surface area contributed by atoms with Crippen molar-refractivity contribution < 1.29 is 4.74 Å². The Kier molecular flexibility index (Phi) is 5.01. The molecule has 108 valence electrons. The van der Waals surface area contributed by atoms with Crippen LogP contribution in [0.25, 0.3) is 10.8 Å². The molecule has 0 radical (unpaired) electrons. The van der Waals surface area contributed by atoms with Gasteiger partial charge in [-0.3, -0.25) is 0 Å². The molecule has 3 nitrogen and oxygen atoms in total. The van der Waals surface area contributed by atoms with Gasteiger partial charge in [0.25, 0.3) is 0 Å². The van der Waals surface area contributed by atoms with Gasteiger partial charge in [-0.15, -0.1) is 12.4 Å². The summed E-state index contributed by atoms with van der Waals surface area (Å²) in [6.45, 7) is 0.686. The fraction of sp³-hybridized carbons (Fsp3) is 0.118. The highest BCUT2D eigenvalue weighted by molar-refractivity contribution is 5.91. The first-order valence-corrected chi connectivity index (χ1v) is 6.58. The third-order valence-corrected chi connectivity index (χ3v) is 3.31. The van der Waals surface area contributed by atoms with E-state index in [1.807, 2.05) is 42.6 Å². The van der Waals surface area contributed by atoms with Crippen molar-refractivity contribution in [3.8, 4) is 5.75 Å². The quantitative estimate of drug-likeness (QED) is 0.781. The minimum atomic E-state index is 0. The van der Waals surface area contributed by atoms with E-state index >= 15 is 0 Å². The van der Waals surface area contributed by atoms with E-state index in [1.54, 1.807) is 7.11 Å². The number of ether oxygens (including phenoxy) is 1. The molecule has 0 atom stereocenters. The SMILES string of the molecule is COc1ccccc1CNc1nccc2ccccc12.Cl. The molecule has 0 aliphatic rings. The van der Waals surface area contributed by atoms with E-state index in [9.17, 15) is 0 Å². The van der Waals surface area contributed by atoms with E-state index < -0.39 is 0 Å². The standard InChI is InChI=1S/C17H16N2O.ClH/c1-20-16-9-5-3-7-14(16)12-19-17-15-8-4-2-6-13(15)10-11-18-17;/h2-11H,12H2,1H3,(H,18,19);1H. The van der Waals surface area contributed by atoms with Crippen molar-refractivity contribution in [3.05, 3.63) is 66.4 Å². The summed E-state index contributed by atoms with van der Waals surface area (Å²) in [7, 11) is 1.69. The first-order valence-electron chi connectivity index (χ1n) is 6.58. The van der Waals surface area contributed by atoms with Crippen LogP contribution in [0.5, 0.6) is 5.75 Å². The van der Waals surface area contributed by atoms with Crippen LogP contribution in [0.3, 0.4) is 0 Å². The lowest BCUT2D eigenvalue weighted by molar-refractivity contribution is 0.410. The fourth-order valence-electron chi connectivity index (χ4n) is 2.29. The predicted molar refractivity (Wildman–Crippen MR) is 89.3 cm³/mol. The Bertz CT molecular complexity index is 725. The summed E-state index contributed by atoms with van der Waals surface area (Å²) in [4.78, 5) is 4.43. The first-order chi connectivity index (χ1) is 9.88. The second-order valence-electron chi connectivity index (χ2n) is 4.55. The van der Waals surface area contributed by atoms with Crippen LogP contribution in [0.1, 0.15) is 5.56 Å². The summed E-state index contributed by atoms with van der Waals surface area (Å²) in [5.74, 6) is 1.79. The number of nitrogens with one attached hydrogen (secondary N) is 1. The summed E-state index contributed by atoms with van der Waals surface area (Å²) in [6.07, 6.45) is 1.83. The molecule has 0 amide bonds. The topological polar surface area (TPSA) is 34.1 Å². The number of hydrogen-bond acceptors (Lipinski definition) is 3. The molecule has 0 aliphatic heterocycles. The summed E-state index contributed by atoms with van der Waals surface area (Å²) in [5.41, 5.74) is 1.12. The molecule has 0 spiro atoms. The molecule has 3 aromatic rings. The normalized spacial score (nSPS) is 9.95. The van der Waals surface area contributed by atoms with Crippen LogP contribution in [0.4, 0.5) is 5.82 Å². The number of aromatic nitrogens is 1. The van der Waals surface area contributed by atoms with Gasteiger partial charge in [-0.05, 0) is 17.5 Å². The second kappa shape index (κ2) is 6.95. The largest absolute Gasteiger partial charge is 0.496 e. The molecule has 0 bridgehead atoms. The van der Waals surface area contributed by atoms with Crippen molar-refractivity contribution in [1.82, 2.24) is 4.98 Å². The molecular weight excluding hydrogens is 284 g/mol. The lowest BCUT2D eigenvalue weighted by atomic mass is 10.1. The minimum absolute atomic E-state index is 0. The van der Waals surface area contributed by atoms with E-state index in [2.05, 4.69) is 28.5 Å². The Morgan fingerprint density at radius 3 is 2.62 bits per heavy atom. The van der Waals surface area contributed by atoms with Gasteiger partial charge < -0.3 is 10.1 Å². The van der Waals surface area contributed by atoms with Gasteiger partial charge >= 0.3 is 0 Å². The number of hydrogen-bond donors (Lipinski definition) is 1. The van der Waals surface area contributed by atoms with Crippen molar-refractivity contribution in [2.45, 2.75) is 6.54 Å². The van der Waals surface area contributed by atoms with Gasteiger partial charge in [0.15, 0.2) is 0 Å². The van der Waals surface area contributed by atoms with Crippen LogP contribution >= 0.6 is 12.4 Å². The number of methoxy groups -OCH3 is 1. The maximum Gasteiger partial charge on any atom is 0.134 e. The molecule has 0 fully saturated rings. The number of pyridine rings is 1. The van der Waals surface area contributed by atoms with Crippen molar-refractivity contribution in [1.29, 1.82) is 0 Å². The van der Waals surface area contributed by atoms with Gasteiger partial charge in [0, 0.05) is 23.7 Å². The van der Waals surface area contributed by atoms with Gasteiger partial charge in [0.1, 0.15) is 11.6 Å². The van der Waals surface area contributed by atoms with Crippen LogP contribution in [0, 0.1) is 0 Å². The highest BCUT2D eigenvalue weighted by Gasteiger charge is 2.04. The molecule has 0 saturated carbocycles. The highest BCUT2D eigenvalue weighted by atomic mass is 35.5. The fourth-order valence-corrected chi connectivity index (χ4v) is 2.29. The molecule has 3 rings (SSSR count). The Hall–Kier alpha value is -2.26. The lowest BCUT2D eigenvalue weighted by Gasteiger charge is -2.11. The molecule has 2 aromatic carbocycles. The maximum atomic E-state index is 5.36. The van der Waals surface area contributed by atoms with Crippen LogP contribution in [-0.2, 0) is 6.54 Å². The zero-order valence-electron chi connectivity index (χ0n) is 11.7. The average Bonchev–Trinajstić information content (AvgIpc) is 2.53. The Morgan fingerprint density at radius 2 is 1.76 bits per heavy atom. The monoisotopic (exact) mass is 300 g/mol. The van der Waals surface area contributed by atoms with Gasteiger partial charge in [0.05, 0.1) is 7.11 Å². The summed E-state index contributed by atoms with van der Waals surface area (Å²) >= 11 is 0. The molecular formula is C17H17ClN2O. The molecule has 0 aliphatic carbocycles. The lowest BCUT2D eigenvalue weighted by Crippen LogP contribution is -2.03. The number of para-hydroxylation sites is 1. The third-order valence-electron chi connectivity index (χ3n) is 3.31. The number of benzene rings is 2. The van der Waals surface area contributed by atoms with Crippen LogP contribution in [0.2, 0.25) is 0 Å². The third kappa shape index (κ3) is 3.26. The highest BCUT2D eigenvalue weighted by Crippen LogP contribution is 2.23. The van der Waals surface area contributed by atoms with E-state index in [0.717, 1.165) is 22.5 Å². The van der Waals surface area contributed by atoms with E-state index in [0.29, 0.717) is 6.54 Å². The number of halogens is 1. The maximum absolute atomic E-state index is 5.36. The smallest absolute Gasteiger partial charge is 0.134 e. The number of rotatable bonds is 4. The van der Waals surface area contributed by atoms with E-state index in [4.69, 9.17) is 4.74 Å². The van der Waals surface area contributed by atoms with Gasteiger partial charge in [-0.1, -0.05) is 42.5 Å². The Morgan fingerprint density at radius 1 is 1.00 bits per heavy atom. The van der Waals surface area contributed by atoms with Crippen LogP contribution < -0.4 is 10.1 Å². The molecule has 1 aromatic heterocycles. The molecule has 1 N–H and O–H groups in total. The predicted octanol–water partition coefficient (Wildman–Crippen LogP) is 4.28. The van der Waals surface area contributed by atoms with Crippen molar-refractivity contribution >= 4 is 29.0 Å². The van der Waals surface area contributed by atoms with Crippen molar-refractivity contribution in [3.63, 3.8) is 0 Å². The summed E-state index contributed by atoms with van der Waals surface area (Å²) in [5, 5.41) is 5.70. The molecule has 1 heterocycles. The zero-order chi connectivity index (χ0) is 13.8. The average molecular weight is 301 g/mol. The van der Waals surface area contributed by atoms with Crippen molar-refractivity contribution in [2.24, 2.45) is 0 Å². The van der Waals surface area contributed by atoms with Gasteiger partial charge in [-0.25, -0.2) is 4.98 Å². The summed E-state index contributed by atoms with van der Waals surface area (Å²) in [6, 6.07) is 18.2. The van der Waals surface area contributed by atoms with Crippen LogP contribution in [0.15, 0.2) is 60.8 Å². The van der Waals surface area contributed by atoms with E-state index in [-0.39, 0.29) is 12.4 Å². The van der Waals surface area contributed by atoms with Gasteiger partial charge in [0.2, 0.25) is 0 Å². The molecule has 0 saturated heterocycles. The zero-order valence-corrected chi connectivity index (χ0v) is 12.6. The van der Waals surface area contributed by atoms with Gasteiger partial charge in [-0.2, -0.15) is 0 Å². The molecule has 4 heteroatoms. The summed E-state index contributed by atoms with van der Waals surface area (Å²) < 4.78 is 5.36. The van der Waals surface area contributed by atoms with Crippen LogP contribution in [-0.4, -0.2) is 12.1 Å². The number of fused-ring (bicyclic) bond motifs is 1. The van der Waals surface area contributed by atoms with Crippen molar-refractivity contribution in [2.75, 3.05) is 12.4 Å². The number of nitrogens with zero attached hydrogens (tertiary/aromatic N) is 1.